The summed E-state index contributed by atoms with van der Waals surface area (Å²) in [5.74, 6) is 0.196. The number of hydrogen-bond donors (Lipinski definition) is 2. The van der Waals surface area contributed by atoms with Gasteiger partial charge >= 0.3 is 0 Å². The van der Waals surface area contributed by atoms with Gasteiger partial charge in [0.25, 0.3) is 0 Å². The number of anilines is 3. The molecular formula is C18H16FN3O3S. The third-order valence-electron chi connectivity index (χ3n) is 4.52. The summed E-state index contributed by atoms with van der Waals surface area (Å²) >= 11 is 0. The number of pyridine rings is 1. The zero-order valence-corrected chi connectivity index (χ0v) is 14.8. The minimum absolute atomic E-state index is 0.0222. The molecule has 0 saturated carbocycles. The van der Waals surface area contributed by atoms with Crippen molar-refractivity contribution in [2.24, 2.45) is 0 Å². The van der Waals surface area contributed by atoms with E-state index in [4.69, 9.17) is 4.74 Å². The molecule has 26 heavy (non-hydrogen) atoms. The zero-order valence-electron chi connectivity index (χ0n) is 13.9. The van der Waals surface area contributed by atoms with Crippen LogP contribution in [-0.4, -0.2) is 27.1 Å². The summed E-state index contributed by atoms with van der Waals surface area (Å²) in [4.78, 5) is 6.41. The van der Waals surface area contributed by atoms with E-state index in [0.717, 1.165) is 28.0 Å². The predicted octanol–water partition coefficient (Wildman–Crippen LogP) is 3.02. The first-order valence-corrected chi connectivity index (χ1v) is 9.19. The van der Waals surface area contributed by atoms with E-state index in [1.165, 1.54) is 6.07 Å². The largest absolute Gasteiger partial charge is 0.497 e. The molecule has 2 aromatic carbocycles. The van der Waals surface area contributed by atoms with Gasteiger partial charge in [-0.3, -0.25) is 9.71 Å². The van der Waals surface area contributed by atoms with Crippen molar-refractivity contribution in [2.75, 3.05) is 23.3 Å². The standard InChI is InChI=1S/C18H16FN3O3S/c1-25-11-2-3-12-15(10-11)20-8-6-17(12)22-9-7-13-16(22)5-4-14(18(13)19)21-26(23)24/h2-6,8,10,26H,7,9H2,1H3,(H,21,23,24). The SMILES string of the molecule is COc1ccc2c(N3CCc4c3ccc(N[SH](=O)=O)c4F)ccnc2c1. The summed E-state index contributed by atoms with van der Waals surface area (Å²) in [5, 5.41) is 0.936. The fourth-order valence-corrected chi connectivity index (χ4v) is 3.73. The van der Waals surface area contributed by atoms with Gasteiger partial charge in [0.1, 0.15) is 5.75 Å². The van der Waals surface area contributed by atoms with Crippen LogP contribution in [0.1, 0.15) is 5.56 Å². The van der Waals surface area contributed by atoms with E-state index >= 15 is 0 Å². The lowest BCUT2D eigenvalue weighted by Crippen LogP contribution is -2.13. The van der Waals surface area contributed by atoms with Gasteiger partial charge in [-0.2, -0.15) is 0 Å². The van der Waals surface area contributed by atoms with Crippen LogP contribution in [-0.2, 0) is 17.3 Å². The molecule has 134 valence electrons. The quantitative estimate of drug-likeness (QED) is 0.688. The van der Waals surface area contributed by atoms with Gasteiger partial charge in [0.05, 0.1) is 24.0 Å². The molecule has 0 unspecified atom stereocenters. The second kappa shape index (κ2) is 6.45. The highest BCUT2D eigenvalue weighted by molar-refractivity contribution is 7.73. The number of nitrogens with zero attached hydrogens (tertiary/aromatic N) is 2. The van der Waals surface area contributed by atoms with Crippen LogP contribution >= 0.6 is 0 Å². The molecule has 8 heteroatoms. The van der Waals surface area contributed by atoms with Gasteiger partial charge in [-0.25, -0.2) is 12.8 Å². The normalized spacial score (nSPS) is 13.3. The molecule has 0 atom stereocenters. The van der Waals surface area contributed by atoms with Crippen molar-refractivity contribution in [1.29, 1.82) is 0 Å². The molecule has 6 nitrogen and oxygen atoms in total. The fraction of sp³-hybridized carbons (Fsp3) is 0.167. The van der Waals surface area contributed by atoms with Gasteiger partial charge < -0.3 is 9.64 Å². The van der Waals surface area contributed by atoms with Gasteiger partial charge in [0.2, 0.25) is 10.9 Å². The van der Waals surface area contributed by atoms with Gasteiger partial charge in [0, 0.05) is 35.4 Å². The lowest BCUT2D eigenvalue weighted by atomic mass is 10.1. The molecule has 4 rings (SSSR count). The first kappa shape index (κ1) is 16.6. The van der Waals surface area contributed by atoms with Crippen LogP contribution in [0.4, 0.5) is 21.5 Å². The fourth-order valence-electron chi connectivity index (χ4n) is 3.36. The van der Waals surface area contributed by atoms with Crippen LogP contribution in [0.3, 0.4) is 0 Å². The highest BCUT2D eigenvalue weighted by Crippen LogP contribution is 2.40. The van der Waals surface area contributed by atoms with E-state index in [1.807, 2.05) is 29.2 Å². The van der Waals surface area contributed by atoms with Crippen molar-refractivity contribution in [1.82, 2.24) is 4.98 Å². The molecule has 1 aliphatic heterocycles. The Morgan fingerprint density at radius 3 is 2.81 bits per heavy atom. The minimum atomic E-state index is -2.91. The van der Waals surface area contributed by atoms with Crippen molar-refractivity contribution in [3.8, 4) is 5.75 Å². The van der Waals surface area contributed by atoms with Crippen molar-refractivity contribution >= 4 is 38.9 Å². The maximum absolute atomic E-state index is 14.7. The van der Waals surface area contributed by atoms with Crippen LogP contribution in [0, 0.1) is 5.82 Å². The van der Waals surface area contributed by atoms with Gasteiger partial charge in [-0.05, 0) is 36.8 Å². The summed E-state index contributed by atoms with van der Waals surface area (Å²) < 4.78 is 43.7. The third-order valence-corrected chi connectivity index (χ3v) is 4.95. The molecule has 2 heterocycles. The maximum atomic E-state index is 14.7. The number of nitrogens with one attached hydrogen (secondary N) is 1. The van der Waals surface area contributed by atoms with E-state index in [2.05, 4.69) is 9.71 Å². The summed E-state index contributed by atoms with van der Waals surface area (Å²) in [6, 6.07) is 10.7. The van der Waals surface area contributed by atoms with Crippen molar-refractivity contribution in [3.05, 3.63) is 54.0 Å². The summed E-state index contributed by atoms with van der Waals surface area (Å²) in [5.41, 5.74) is 2.93. The highest BCUT2D eigenvalue weighted by atomic mass is 32.2. The Bertz CT molecular complexity index is 1080. The maximum Gasteiger partial charge on any atom is 0.222 e. The lowest BCUT2D eigenvalue weighted by Gasteiger charge is -2.21. The number of fused-ring (bicyclic) bond motifs is 2. The number of benzene rings is 2. The van der Waals surface area contributed by atoms with E-state index in [1.54, 1.807) is 19.4 Å². The Hall–Kier alpha value is -2.87. The van der Waals surface area contributed by atoms with Crippen LogP contribution in [0.25, 0.3) is 10.9 Å². The molecule has 0 aliphatic carbocycles. The summed E-state index contributed by atoms with van der Waals surface area (Å²) in [7, 11) is -1.30. The number of methoxy groups -OCH3 is 1. The number of aromatic nitrogens is 1. The van der Waals surface area contributed by atoms with E-state index in [-0.39, 0.29) is 5.69 Å². The summed E-state index contributed by atoms with van der Waals surface area (Å²) in [6.45, 7) is 0.602. The lowest BCUT2D eigenvalue weighted by molar-refractivity contribution is 0.415. The minimum Gasteiger partial charge on any atom is -0.497 e. The van der Waals surface area contributed by atoms with Gasteiger partial charge in [0.15, 0.2) is 5.82 Å². The van der Waals surface area contributed by atoms with Crippen molar-refractivity contribution < 1.29 is 17.5 Å². The Kier molecular flexibility index (Phi) is 4.12. The number of hydrogen-bond acceptors (Lipinski definition) is 5. The van der Waals surface area contributed by atoms with Gasteiger partial charge in [-0.1, -0.05) is 0 Å². The van der Waals surface area contributed by atoms with Crippen LogP contribution in [0.2, 0.25) is 0 Å². The zero-order chi connectivity index (χ0) is 18.3. The molecular weight excluding hydrogens is 357 g/mol. The monoisotopic (exact) mass is 373 g/mol. The second-order valence-electron chi connectivity index (χ2n) is 5.91. The van der Waals surface area contributed by atoms with E-state index < -0.39 is 16.7 Å². The Morgan fingerprint density at radius 1 is 1.19 bits per heavy atom. The molecule has 1 aliphatic rings. The van der Waals surface area contributed by atoms with Gasteiger partial charge in [-0.15, -0.1) is 0 Å². The molecule has 0 saturated heterocycles. The number of thiol groups is 1. The first-order chi connectivity index (χ1) is 12.6. The molecule has 0 radical (unpaired) electrons. The number of ether oxygens (including phenoxy) is 1. The Labute approximate surface area is 151 Å². The highest BCUT2D eigenvalue weighted by Gasteiger charge is 2.26. The molecule has 3 aromatic rings. The molecule has 0 bridgehead atoms. The average molecular weight is 373 g/mol. The number of halogens is 1. The number of rotatable bonds is 4. The molecule has 0 fully saturated rings. The van der Waals surface area contributed by atoms with Crippen molar-refractivity contribution in [2.45, 2.75) is 6.42 Å². The Balaban J connectivity index is 1.81. The topological polar surface area (TPSA) is 71.5 Å². The summed E-state index contributed by atoms with van der Waals surface area (Å²) in [6.07, 6.45) is 2.20. The molecule has 1 N–H and O–H groups in total. The van der Waals surface area contributed by atoms with Crippen molar-refractivity contribution in [3.63, 3.8) is 0 Å². The predicted molar refractivity (Wildman–Crippen MR) is 99.3 cm³/mol. The van der Waals surface area contributed by atoms with E-state index in [9.17, 15) is 12.8 Å². The van der Waals surface area contributed by atoms with Crippen LogP contribution < -0.4 is 14.4 Å². The average Bonchev–Trinajstić information content (AvgIpc) is 3.07. The molecule has 0 amide bonds. The Morgan fingerprint density at radius 2 is 2.04 bits per heavy atom. The van der Waals surface area contributed by atoms with E-state index in [0.29, 0.717) is 18.5 Å². The third kappa shape index (κ3) is 2.72. The van der Waals surface area contributed by atoms with Crippen LogP contribution in [0.5, 0.6) is 5.75 Å². The molecule has 0 spiro atoms. The molecule has 1 aromatic heterocycles. The second-order valence-corrected chi connectivity index (χ2v) is 6.65. The first-order valence-electron chi connectivity index (χ1n) is 8.01. The smallest absolute Gasteiger partial charge is 0.222 e. The van der Waals surface area contributed by atoms with Crippen LogP contribution in [0.15, 0.2) is 42.6 Å².